The van der Waals surface area contributed by atoms with Crippen LogP contribution in [0.5, 0.6) is 0 Å². The summed E-state index contributed by atoms with van der Waals surface area (Å²) < 4.78 is 4.62. The number of carbonyl (C=O) groups excluding carboxylic acids is 2. The van der Waals surface area contributed by atoms with E-state index in [1.54, 1.807) is 23.1 Å². The second-order valence-electron chi connectivity index (χ2n) is 3.38. The molecule has 0 aromatic heterocycles. The molecule has 0 atom stereocenters. The van der Waals surface area contributed by atoms with Gasteiger partial charge < -0.3 is 15.0 Å². The van der Waals surface area contributed by atoms with E-state index in [1.807, 2.05) is 14.1 Å². The van der Waals surface area contributed by atoms with Crippen LogP contribution in [0.4, 0.5) is 11.4 Å². The Hall–Kier alpha value is -2.04. The standard InChI is InChI=1S/C11H14N2O3/c1-13(2)10-6-8(11(15)16-3)4-5-9(10)12-7-14/h4-7H,1-3H3,(H,12,14). The molecule has 0 spiro atoms. The minimum absolute atomic E-state index is 0.402. The summed E-state index contributed by atoms with van der Waals surface area (Å²) in [5.41, 5.74) is 1.84. The van der Waals surface area contributed by atoms with Crippen LogP contribution in [0.2, 0.25) is 0 Å². The van der Waals surface area contributed by atoms with Gasteiger partial charge in [0, 0.05) is 14.1 Å². The molecule has 0 unspecified atom stereocenters. The van der Waals surface area contributed by atoms with Gasteiger partial charge in [0.15, 0.2) is 0 Å². The van der Waals surface area contributed by atoms with Crippen molar-refractivity contribution in [1.29, 1.82) is 0 Å². The van der Waals surface area contributed by atoms with Crippen molar-refractivity contribution in [2.45, 2.75) is 0 Å². The first-order valence-corrected chi connectivity index (χ1v) is 4.70. The smallest absolute Gasteiger partial charge is 0.337 e. The number of nitrogens with zero attached hydrogens (tertiary/aromatic N) is 1. The van der Waals surface area contributed by atoms with Crippen LogP contribution < -0.4 is 10.2 Å². The molecule has 5 nitrogen and oxygen atoms in total. The van der Waals surface area contributed by atoms with Crippen LogP contribution in [0.25, 0.3) is 0 Å². The summed E-state index contributed by atoms with van der Waals surface area (Å²) in [6.45, 7) is 0. The minimum Gasteiger partial charge on any atom is -0.465 e. The van der Waals surface area contributed by atoms with E-state index in [-0.39, 0.29) is 0 Å². The number of esters is 1. The molecule has 86 valence electrons. The average Bonchev–Trinajstić information content (AvgIpc) is 2.28. The number of hydrogen-bond acceptors (Lipinski definition) is 4. The molecule has 0 aliphatic rings. The maximum absolute atomic E-state index is 11.3. The van der Waals surface area contributed by atoms with Crippen molar-refractivity contribution in [2.24, 2.45) is 0 Å². The van der Waals surface area contributed by atoms with Gasteiger partial charge in [-0.05, 0) is 18.2 Å². The van der Waals surface area contributed by atoms with E-state index in [2.05, 4.69) is 10.1 Å². The lowest BCUT2D eigenvalue weighted by atomic mass is 10.1. The summed E-state index contributed by atoms with van der Waals surface area (Å²) in [6, 6.07) is 4.93. The topological polar surface area (TPSA) is 58.6 Å². The zero-order valence-electron chi connectivity index (χ0n) is 9.48. The van der Waals surface area contributed by atoms with Crippen molar-refractivity contribution in [3.05, 3.63) is 23.8 Å². The molecule has 0 heterocycles. The largest absolute Gasteiger partial charge is 0.465 e. The highest BCUT2D eigenvalue weighted by molar-refractivity contribution is 5.93. The monoisotopic (exact) mass is 222 g/mol. The molecule has 0 fully saturated rings. The molecule has 1 rings (SSSR count). The Morgan fingerprint density at radius 1 is 1.44 bits per heavy atom. The van der Waals surface area contributed by atoms with Gasteiger partial charge >= 0.3 is 5.97 Å². The van der Waals surface area contributed by atoms with E-state index in [4.69, 9.17) is 0 Å². The fraction of sp³-hybridized carbons (Fsp3) is 0.273. The Morgan fingerprint density at radius 3 is 2.62 bits per heavy atom. The van der Waals surface area contributed by atoms with E-state index >= 15 is 0 Å². The third kappa shape index (κ3) is 2.50. The summed E-state index contributed by atoms with van der Waals surface area (Å²) in [4.78, 5) is 23.5. The van der Waals surface area contributed by atoms with Gasteiger partial charge in [-0.15, -0.1) is 0 Å². The Bertz CT molecular complexity index is 402. The summed E-state index contributed by atoms with van der Waals surface area (Å²) >= 11 is 0. The molecule has 0 bridgehead atoms. The van der Waals surface area contributed by atoms with Crippen LogP contribution >= 0.6 is 0 Å². The van der Waals surface area contributed by atoms with Crippen molar-refractivity contribution in [3.63, 3.8) is 0 Å². The molecular formula is C11H14N2O3. The highest BCUT2D eigenvalue weighted by Crippen LogP contribution is 2.25. The highest BCUT2D eigenvalue weighted by atomic mass is 16.5. The molecular weight excluding hydrogens is 208 g/mol. The number of rotatable bonds is 4. The van der Waals surface area contributed by atoms with Crippen molar-refractivity contribution in [3.8, 4) is 0 Å². The summed E-state index contributed by atoms with van der Waals surface area (Å²) in [6.07, 6.45) is 0.597. The lowest BCUT2D eigenvalue weighted by molar-refractivity contribution is -0.105. The van der Waals surface area contributed by atoms with Gasteiger partial charge in [0.05, 0.1) is 24.0 Å². The summed E-state index contributed by atoms with van der Waals surface area (Å²) in [5, 5.41) is 2.57. The maximum Gasteiger partial charge on any atom is 0.337 e. The van der Waals surface area contributed by atoms with Gasteiger partial charge in [0.2, 0.25) is 6.41 Å². The van der Waals surface area contributed by atoms with Gasteiger partial charge in [-0.2, -0.15) is 0 Å². The number of benzene rings is 1. The average molecular weight is 222 g/mol. The first-order valence-electron chi connectivity index (χ1n) is 4.70. The Morgan fingerprint density at radius 2 is 2.12 bits per heavy atom. The Kier molecular flexibility index (Phi) is 3.88. The van der Waals surface area contributed by atoms with Crippen LogP contribution in [-0.4, -0.2) is 33.6 Å². The van der Waals surface area contributed by atoms with Crippen molar-refractivity contribution in [2.75, 3.05) is 31.4 Å². The number of anilines is 2. The first kappa shape index (κ1) is 12.0. The highest BCUT2D eigenvalue weighted by Gasteiger charge is 2.10. The molecule has 0 saturated heterocycles. The number of nitrogens with one attached hydrogen (secondary N) is 1. The van der Waals surface area contributed by atoms with Gasteiger partial charge in [-0.25, -0.2) is 4.79 Å². The van der Waals surface area contributed by atoms with Crippen LogP contribution in [0.15, 0.2) is 18.2 Å². The van der Waals surface area contributed by atoms with Crippen LogP contribution in [0, 0.1) is 0 Å². The Labute approximate surface area is 94.0 Å². The second kappa shape index (κ2) is 5.16. The molecule has 0 radical (unpaired) electrons. The molecule has 0 saturated carbocycles. The van der Waals surface area contributed by atoms with Crippen LogP contribution in [0.1, 0.15) is 10.4 Å². The summed E-state index contributed by atoms with van der Waals surface area (Å²) in [7, 11) is 4.98. The molecule has 1 aromatic carbocycles. The van der Waals surface area contributed by atoms with Crippen molar-refractivity contribution in [1.82, 2.24) is 0 Å². The fourth-order valence-electron chi connectivity index (χ4n) is 1.33. The number of carbonyl (C=O) groups is 2. The molecule has 5 heteroatoms. The fourth-order valence-corrected chi connectivity index (χ4v) is 1.33. The van der Waals surface area contributed by atoms with Gasteiger partial charge in [-0.1, -0.05) is 0 Å². The van der Waals surface area contributed by atoms with Gasteiger partial charge in [-0.3, -0.25) is 4.79 Å². The quantitative estimate of drug-likeness (QED) is 0.612. The van der Waals surface area contributed by atoms with E-state index in [0.29, 0.717) is 17.7 Å². The summed E-state index contributed by atoms with van der Waals surface area (Å²) in [5.74, 6) is -0.402. The molecule has 1 N–H and O–H groups in total. The number of hydrogen-bond donors (Lipinski definition) is 1. The van der Waals surface area contributed by atoms with Gasteiger partial charge in [0.1, 0.15) is 0 Å². The molecule has 16 heavy (non-hydrogen) atoms. The SMILES string of the molecule is COC(=O)c1ccc(NC=O)c(N(C)C)c1. The van der Waals surface area contributed by atoms with Crippen LogP contribution in [-0.2, 0) is 9.53 Å². The van der Waals surface area contributed by atoms with E-state index in [0.717, 1.165) is 5.69 Å². The predicted octanol–water partition coefficient (Wildman–Crippen LogP) is 1.11. The lowest BCUT2D eigenvalue weighted by Crippen LogP contribution is -2.13. The molecule has 0 aliphatic carbocycles. The minimum atomic E-state index is -0.402. The van der Waals surface area contributed by atoms with Gasteiger partial charge in [0.25, 0.3) is 0 Å². The molecule has 1 aromatic rings. The predicted molar refractivity (Wildman–Crippen MR) is 61.8 cm³/mol. The first-order chi connectivity index (χ1) is 7.60. The zero-order valence-corrected chi connectivity index (χ0v) is 9.48. The number of methoxy groups -OCH3 is 1. The Balaban J connectivity index is 3.16. The van der Waals surface area contributed by atoms with Crippen LogP contribution in [0.3, 0.4) is 0 Å². The molecule has 0 aliphatic heterocycles. The van der Waals surface area contributed by atoms with E-state index < -0.39 is 5.97 Å². The zero-order chi connectivity index (χ0) is 12.1. The number of amides is 1. The second-order valence-corrected chi connectivity index (χ2v) is 3.38. The van der Waals surface area contributed by atoms with E-state index in [9.17, 15) is 9.59 Å². The van der Waals surface area contributed by atoms with Crippen molar-refractivity contribution >= 4 is 23.8 Å². The normalized spacial score (nSPS) is 9.44. The third-order valence-corrected chi connectivity index (χ3v) is 2.12. The third-order valence-electron chi connectivity index (χ3n) is 2.12. The maximum atomic E-state index is 11.3. The van der Waals surface area contributed by atoms with Crippen molar-refractivity contribution < 1.29 is 14.3 Å². The van der Waals surface area contributed by atoms with E-state index in [1.165, 1.54) is 7.11 Å². The lowest BCUT2D eigenvalue weighted by Gasteiger charge is -2.17. The molecule has 1 amide bonds. The number of ether oxygens (including phenoxy) is 1.